The third kappa shape index (κ3) is 4.70. The molecule has 2 aliphatic heterocycles. The molecule has 116 valence electrons. The Morgan fingerprint density at radius 2 is 1.70 bits per heavy atom. The molecule has 0 radical (unpaired) electrons. The fourth-order valence-corrected chi connectivity index (χ4v) is 2.88. The first kappa shape index (κ1) is 15.7. The molecule has 0 aliphatic carbocycles. The standard InChI is InChI=1S/C14H29N5O/c1-16-4-7-17-8-10-18(11-9-17)12-14(20)19-5-2-13(15)3-6-19/h13,16H,2-12,15H2,1H3. The van der Waals surface area contributed by atoms with Crippen molar-refractivity contribution in [2.75, 3.05) is 66.0 Å². The van der Waals surface area contributed by atoms with Gasteiger partial charge >= 0.3 is 0 Å². The van der Waals surface area contributed by atoms with Crippen LogP contribution in [0.25, 0.3) is 0 Å². The molecular weight excluding hydrogens is 254 g/mol. The van der Waals surface area contributed by atoms with Gasteiger partial charge in [0.2, 0.25) is 5.91 Å². The lowest BCUT2D eigenvalue weighted by molar-refractivity contribution is -0.133. The Morgan fingerprint density at radius 1 is 1.10 bits per heavy atom. The van der Waals surface area contributed by atoms with E-state index in [4.69, 9.17) is 5.73 Å². The van der Waals surface area contributed by atoms with E-state index in [2.05, 4.69) is 15.1 Å². The highest BCUT2D eigenvalue weighted by molar-refractivity contribution is 5.78. The predicted octanol–water partition coefficient (Wildman–Crippen LogP) is -1.23. The van der Waals surface area contributed by atoms with Crippen molar-refractivity contribution in [1.82, 2.24) is 20.0 Å². The van der Waals surface area contributed by atoms with Crippen molar-refractivity contribution in [3.05, 3.63) is 0 Å². The van der Waals surface area contributed by atoms with E-state index in [0.717, 1.165) is 65.2 Å². The minimum atomic E-state index is 0.278. The monoisotopic (exact) mass is 283 g/mol. The van der Waals surface area contributed by atoms with E-state index in [1.54, 1.807) is 0 Å². The molecule has 0 bridgehead atoms. The molecule has 0 spiro atoms. The van der Waals surface area contributed by atoms with Crippen LogP contribution in [0, 0.1) is 0 Å². The number of carbonyl (C=O) groups excluding carboxylic acids is 1. The number of rotatable bonds is 5. The Bertz CT molecular complexity index is 296. The van der Waals surface area contributed by atoms with Crippen LogP contribution in [0.3, 0.4) is 0 Å². The average Bonchev–Trinajstić information content (AvgIpc) is 2.47. The Labute approximate surface area is 122 Å². The van der Waals surface area contributed by atoms with Crippen LogP contribution in [0.1, 0.15) is 12.8 Å². The van der Waals surface area contributed by atoms with Gasteiger partial charge in [0.15, 0.2) is 0 Å². The van der Waals surface area contributed by atoms with Gasteiger partial charge in [-0.05, 0) is 19.9 Å². The average molecular weight is 283 g/mol. The second-order valence-electron chi connectivity index (χ2n) is 5.94. The molecule has 0 saturated carbocycles. The molecule has 2 heterocycles. The summed E-state index contributed by atoms with van der Waals surface area (Å²) in [5.41, 5.74) is 5.88. The van der Waals surface area contributed by atoms with Crippen molar-refractivity contribution in [3.8, 4) is 0 Å². The summed E-state index contributed by atoms with van der Waals surface area (Å²) >= 11 is 0. The van der Waals surface area contributed by atoms with Gasteiger partial charge in [0.1, 0.15) is 0 Å². The molecule has 3 N–H and O–H groups in total. The molecule has 2 aliphatic rings. The molecule has 0 unspecified atom stereocenters. The Balaban J connectivity index is 1.66. The summed E-state index contributed by atoms with van der Waals surface area (Å²) in [6.07, 6.45) is 1.90. The summed E-state index contributed by atoms with van der Waals surface area (Å²) in [7, 11) is 1.99. The second kappa shape index (κ2) is 7.93. The molecule has 0 aromatic heterocycles. The van der Waals surface area contributed by atoms with Crippen molar-refractivity contribution >= 4 is 5.91 Å². The van der Waals surface area contributed by atoms with Crippen molar-refractivity contribution < 1.29 is 4.79 Å². The summed E-state index contributed by atoms with van der Waals surface area (Å²) < 4.78 is 0. The van der Waals surface area contributed by atoms with E-state index in [-0.39, 0.29) is 11.9 Å². The number of carbonyl (C=O) groups is 1. The predicted molar refractivity (Wildman–Crippen MR) is 80.6 cm³/mol. The number of nitrogens with two attached hydrogens (primary N) is 1. The Morgan fingerprint density at radius 3 is 2.30 bits per heavy atom. The van der Waals surface area contributed by atoms with Gasteiger partial charge in [-0.3, -0.25) is 14.6 Å². The maximum absolute atomic E-state index is 12.2. The number of likely N-dealkylation sites (tertiary alicyclic amines) is 1. The number of amides is 1. The molecule has 1 amide bonds. The zero-order chi connectivity index (χ0) is 14.4. The first-order chi connectivity index (χ1) is 9.69. The van der Waals surface area contributed by atoms with Gasteiger partial charge in [0.05, 0.1) is 6.54 Å². The second-order valence-corrected chi connectivity index (χ2v) is 5.94. The summed E-state index contributed by atoms with van der Waals surface area (Å²) in [5, 5.41) is 3.18. The van der Waals surface area contributed by atoms with Gasteiger partial charge in [-0.2, -0.15) is 0 Å². The van der Waals surface area contributed by atoms with Crippen LogP contribution in [0.2, 0.25) is 0 Å². The van der Waals surface area contributed by atoms with Crippen molar-refractivity contribution in [1.29, 1.82) is 0 Å². The van der Waals surface area contributed by atoms with E-state index in [1.165, 1.54) is 0 Å². The number of piperidine rings is 1. The molecule has 6 nitrogen and oxygen atoms in total. The smallest absolute Gasteiger partial charge is 0.236 e. The van der Waals surface area contributed by atoms with Crippen LogP contribution in [-0.4, -0.2) is 92.6 Å². The number of hydrogen-bond acceptors (Lipinski definition) is 5. The Hall–Kier alpha value is -0.690. The zero-order valence-electron chi connectivity index (χ0n) is 12.7. The number of nitrogens with zero attached hydrogens (tertiary/aromatic N) is 3. The zero-order valence-corrected chi connectivity index (χ0v) is 12.7. The van der Waals surface area contributed by atoms with Crippen LogP contribution in [0.15, 0.2) is 0 Å². The molecule has 0 aromatic carbocycles. The van der Waals surface area contributed by atoms with Gasteiger partial charge in [0, 0.05) is 58.4 Å². The summed E-state index contributed by atoms with van der Waals surface area (Å²) in [4.78, 5) is 19.0. The number of hydrogen-bond donors (Lipinski definition) is 2. The normalized spacial score (nSPS) is 23.2. The summed E-state index contributed by atoms with van der Waals surface area (Å²) in [6.45, 7) is 8.53. The van der Waals surface area contributed by atoms with Gasteiger partial charge < -0.3 is 16.0 Å². The van der Waals surface area contributed by atoms with E-state index >= 15 is 0 Å². The molecule has 2 fully saturated rings. The number of nitrogens with one attached hydrogen (secondary N) is 1. The summed E-state index contributed by atoms with van der Waals surface area (Å²) in [6, 6.07) is 0.287. The number of piperazine rings is 1. The van der Waals surface area contributed by atoms with Crippen molar-refractivity contribution in [3.63, 3.8) is 0 Å². The topological polar surface area (TPSA) is 64.8 Å². The van der Waals surface area contributed by atoms with Gasteiger partial charge in [-0.15, -0.1) is 0 Å². The van der Waals surface area contributed by atoms with E-state index in [9.17, 15) is 4.79 Å². The van der Waals surface area contributed by atoms with E-state index < -0.39 is 0 Å². The molecule has 2 saturated heterocycles. The van der Waals surface area contributed by atoms with Crippen LogP contribution >= 0.6 is 0 Å². The van der Waals surface area contributed by atoms with Gasteiger partial charge in [-0.25, -0.2) is 0 Å². The minimum Gasteiger partial charge on any atom is -0.341 e. The highest BCUT2D eigenvalue weighted by Crippen LogP contribution is 2.09. The third-order valence-corrected chi connectivity index (χ3v) is 4.39. The molecular formula is C14H29N5O. The molecule has 0 aromatic rings. The highest BCUT2D eigenvalue weighted by atomic mass is 16.2. The lowest BCUT2D eigenvalue weighted by Gasteiger charge is -2.36. The fraction of sp³-hybridized carbons (Fsp3) is 0.929. The van der Waals surface area contributed by atoms with E-state index in [0.29, 0.717) is 6.54 Å². The molecule has 0 atom stereocenters. The van der Waals surface area contributed by atoms with Crippen molar-refractivity contribution in [2.45, 2.75) is 18.9 Å². The maximum Gasteiger partial charge on any atom is 0.236 e. The summed E-state index contributed by atoms with van der Waals surface area (Å²) in [5.74, 6) is 0.278. The maximum atomic E-state index is 12.2. The van der Waals surface area contributed by atoms with Crippen LogP contribution in [-0.2, 0) is 4.79 Å². The SMILES string of the molecule is CNCCN1CCN(CC(=O)N2CCC(N)CC2)CC1. The molecule has 2 rings (SSSR count). The first-order valence-electron chi connectivity index (χ1n) is 7.81. The van der Waals surface area contributed by atoms with Gasteiger partial charge in [0.25, 0.3) is 0 Å². The van der Waals surface area contributed by atoms with Crippen LogP contribution in [0.5, 0.6) is 0 Å². The first-order valence-corrected chi connectivity index (χ1v) is 7.81. The quantitative estimate of drug-likeness (QED) is 0.662. The Kier molecular flexibility index (Phi) is 6.22. The minimum absolute atomic E-state index is 0.278. The highest BCUT2D eigenvalue weighted by Gasteiger charge is 2.24. The largest absolute Gasteiger partial charge is 0.341 e. The molecule has 6 heteroatoms. The van der Waals surface area contributed by atoms with Crippen molar-refractivity contribution in [2.24, 2.45) is 5.73 Å². The lowest BCUT2D eigenvalue weighted by atomic mass is 10.1. The third-order valence-electron chi connectivity index (χ3n) is 4.39. The number of likely N-dealkylation sites (N-methyl/N-ethyl adjacent to an activating group) is 1. The van der Waals surface area contributed by atoms with E-state index in [1.807, 2.05) is 11.9 Å². The molecule has 20 heavy (non-hydrogen) atoms. The lowest BCUT2D eigenvalue weighted by Crippen LogP contribution is -2.52. The van der Waals surface area contributed by atoms with Crippen LogP contribution < -0.4 is 11.1 Å². The van der Waals surface area contributed by atoms with Gasteiger partial charge in [-0.1, -0.05) is 0 Å². The van der Waals surface area contributed by atoms with Crippen LogP contribution in [0.4, 0.5) is 0 Å². The fourth-order valence-electron chi connectivity index (χ4n) is 2.88.